The first-order valence-corrected chi connectivity index (χ1v) is 10.1. The molecule has 4 rings (SSSR count). The minimum atomic E-state index is -0.0695. The van der Waals surface area contributed by atoms with Gasteiger partial charge in [0.1, 0.15) is 5.82 Å². The van der Waals surface area contributed by atoms with Crippen LogP contribution in [0.25, 0.3) is 11.0 Å². The molecular formula is C20H24N4OS. The molecule has 1 aromatic carbocycles. The third-order valence-corrected chi connectivity index (χ3v) is 5.71. The van der Waals surface area contributed by atoms with Gasteiger partial charge in [0.15, 0.2) is 0 Å². The van der Waals surface area contributed by atoms with Crippen LogP contribution in [0, 0.1) is 0 Å². The van der Waals surface area contributed by atoms with Crippen LogP contribution < -0.4 is 5.32 Å². The zero-order valence-electron chi connectivity index (χ0n) is 15.2. The van der Waals surface area contributed by atoms with Crippen LogP contribution in [0.1, 0.15) is 48.2 Å². The van der Waals surface area contributed by atoms with Crippen molar-refractivity contribution in [2.24, 2.45) is 0 Å². The SMILES string of the molecule is CC(C)n1c(CN2CCCC2)nc2cc(NC(=O)c3cccs3)ccc21. The van der Waals surface area contributed by atoms with Crippen molar-refractivity contribution < 1.29 is 4.79 Å². The minimum Gasteiger partial charge on any atom is -0.324 e. The summed E-state index contributed by atoms with van der Waals surface area (Å²) in [6.07, 6.45) is 2.56. The molecule has 3 aromatic rings. The van der Waals surface area contributed by atoms with Gasteiger partial charge >= 0.3 is 0 Å². The molecule has 1 aliphatic rings. The van der Waals surface area contributed by atoms with Crippen LogP contribution in [0.2, 0.25) is 0 Å². The first-order valence-electron chi connectivity index (χ1n) is 9.20. The van der Waals surface area contributed by atoms with E-state index in [0.717, 1.165) is 42.2 Å². The Morgan fingerprint density at radius 3 is 2.77 bits per heavy atom. The second-order valence-corrected chi connectivity index (χ2v) is 8.06. The van der Waals surface area contributed by atoms with Gasteiger partial charge in [-0.1, -0.05) is 6.07 Å². The first kappa shape index (κ1) is 17.2. The maximum Gasteiger partial charge on any atom is 0.265 e. The van der Waals surface area contributed by atoms with Crippen molar-refractivity contribution >= 4 is 34.0 Å². The van der Waals surface area contributed by atoms with Crippen LogP contribution in [-0.4, -0.2) is 33.4 Å². The smallest absolute Gasteiger partial charge is 0.265 e. The Bertz CT molecular complexity index is 907. The average molecular weight is 369 g/mol. The van der Waals surface area contributed by atoms with Crippen molar-refractivity contribution in [3.8, 4) is 0 Å². The number of nitrogens with zero attached hydrogens (tertiary/aromatic N) is 3. The van der Waals surface area contributed by atoms with Gasteiger partial charge in [-0.15, -0.1) is 11.3 Å². The fourth-order valence-corrected chi connectivity index (χ4v) is 4.27. The van der Waals surface area contributed by atoms with Crippen LogP contribution in [0.5, 0.6) is 0 Å². The number of anilines is 1. The number of aromatic nitrogens is 2. The summed E-state index contributed by atoms with van der Waals surface area (Å²) in [5.41, 5.74) is 2.86. The topological polar surface area (TPSA) is 50.2 Å². The number of carbonyl (C=O) groups excluding carboxylic acids is 1. The molecule has 5 nitrogen and oxygen atoms in total. The van der Waals surface area contributed by atoms with E-state index in [9.17, 15) is 4.79 Å². The van der Waals surface area contributed by atoms with Crippen molar-refractivity contribution in [1.29, 1.82) is 0 Å². The van der Waals surface area contributed by atoms with E-state index >= 15 is 0 Å². The average Bonchev–Trinajstić information content (AvgIpc) is 3.35. The van der Waals surface area contributed by atoms with Gasteiger partial charge in [0.05, 0.1) is 22.5 Å². The monoisotopic (exact) mass is 368 g/mol. The Balaban J connectivity index is 1.63. The standard InChI is InChI=1S/C20H24N4OS/c1-14(2)24-17-8-7-15(21-20(25)18-6-5-11-26-18)12-16(17)22-19(24)13-23-9-3-4-10-23/h5-8,11-12,14H,3-4,9-10,13H2,1-2H3,(H,21,25). The van der Waals surface area contributed by atoms with Crippen molar-refractivity contribution in [1.82, 2.24) is 14.5 Å². The summed E-state index contributed by atoms with van der Waals surface area (Å²) in [7, 11) is 0. The fraction of sp³-hybridized carbons (Fsp3) is 0.400. The number of hydrogen-bond donors (Lipinski definition) is 1. The number of fused-ring (bicyclic) bond motifs is 1. The van der Waals surface area contributed by atoms with Gasteiger partial charge in [-0.05, 0) is 69.4 Å². The predicted octanol–water partition coefficient (Wildman–Crippen LogP) is 4.53. The lowest BCUT2D eigenvalue weighted by Gasteiger charge is -2.18. The van der Waals surface area contributed by atoms with Crippen LogP contribution in [0.4, 0.5) is 5.69 Å². The van der Waals surface area contributed by atoms with E-state index in [1.165, 1.54) is 24.2 Å². The summed E-state index contributed by atoms with van der Waals surface area (Å²) in [6, 6.07) is 10.1. The molecule has 3 heterocycles. The number of likely N-dealkylation sites (tertiary alicyclic amines) is 1. The molecule has 1 N–H and O–H groups in total. The molecule has 1 fully saturated rings. The highest BCUT2D eigenvalue weighted by atomic mass is 32.1. The summed E-state index contributed by atoms with van der Waals surface area (Å²) in [6.45, 7) is 7.60. The van der Waals surface area contributed by atoms with E-state index < -0.39 is 0 Å². The molecule has 0 spiro atoms. The second kappa shape index (κ2) is 7.21. The lowest BCUT2D eigenvalue weighted by Crippen LogP contribution is -2.21. The van der Waals surface area contributed by atoms with Crippen molar-refractivity contribution in [3.05, 3.63) is 46.4 Å². The third kappa shape index (κ3) is 3.39. The molecular weight excluding hydrogens is 344 g/mol. The summed E-state index contributed by atoms with van der Waals surface area (Å²) in [5.74, 6) is 1.04. The highest BCUT2D eigenvalue weighted by molar-refractivity contribution is 7.12. The molecule has 26 heavy (non-hydrogen) atoms. The summed E-state index contributed by atoms with van der Waals surface area (Å²) < 4.78 is 2.32. The molecule has 2 aromatic heterocycles. The molecule has 136 valence electrons. The zero-order chi connectivity index (χ0) is 18.1. The number of amides is 1. The fourth-order valence-electron chi connectivity index (χ4n) is 3.66. The largest absolute Gasteiger partial charge is 0.324 e. The maximum absolute atomic E-state index is 12.3. The van der Waals surface area contributed by atoms with Gasteiger partial charge in [-0.2, -0.15) is 0 Å². The molecule has 1 aliphatic heterocycles. The predicted molar refractivity (Wildman–Crippen MR) is 107 cm³/mol. The minimum absolute atomic E-state index is 0.0695. The maximum atomic E-state index is 12.3. The van der Waals surface area contributed by atoms with Crippen molar-refractivity contribution in [2.75, 3.05) is 18.4 Å². The van der Waals surface area contributed by atoms with Crippen molar-refractivity contribution in [3.63, 3.8) is 0 Å². The first-order chi connectivity index (χ1) is 12.6. The molecule has 0 unspecified atom stereocenters. The normalized spacial score (nSPS) is 15.2. The number of thiophene rings is 1. The molecule has 6 heteroatoms. The summed E-state index contributed by atoms with van der Waals surface area (Å²) in [4.78, 5) is 20.4. The van der Waals surface area contributed by atoms with E-state index in [-0.39, 0.29) is 5.91 Å². The third-order valence-electron chi connectivity index (χ3n) is 4.85. The Kier molecular flexibility index (Phi) is 4.78. The number of hydrogen-bond acceptors (Lipinski definition) is 4. The molecule has 0 bridgehead atoms. The van der Waals surface area contributed by atoms with Gasteiger partial charge in [-0.3, -0.25) is 9.69 Å². The zero-order valence-corrected chi connectivity index (χ0v) is 16.1. The molecule has 0 saturated carbocycles. The van der Waals surface area contributed by atoms with Crippen LogP contribution in [0.3, 0.4) is 0 Å². The molecule has 0 radical (unpaired) electrons. The van der Waals surface area contributed by atoms with Gasteiger partial charge in [0, 0.05) is 11.7 Å². The van der Waals surface area contributed by atoms with Gasteiger partial charge in [0.2, 0.25) is 0 Å². The number of benzene rings is 1. The lowest BCUT2D eigenvalue weighted by molar-refractivity contribution is 0.103. The Labute approximate surface area is 157 Å². The lowest BCUT2D eigenvalue weighted by atomic mass is 10.2. The summed E-state index contributed by atoms with van der Waals surface area (Å²) >= 11 is 1.44. The van der Waals surface area contributed by atoms with Gasteiger partial charge in [0.25, 0.3) is 5.91 Å². The van der Waals surface area contributed by atoms with E-state index in [4.69, 9.17) is 4.98 Å². The van der Waals surface area contributed by atoms with Crippen molar-refractivity contribution in [2.45, 2.75) is 39.3 Å². The van der Waals surface area contributed by atoms with E-state index in [1.54, 1.807) is 0 Å². The van der Waals surface area contributed by atoms with E-state index in [2.05, 4.69) is 34.7 Å². The van der Waals surface area contributed by atoms with E-state index in [0.29, 0.717) is 10.9 Å². The highest BCUT2D eigenvalue weighted by Crippen LogP contribution is 2.26. The molecule has 1 saturated heterocycles. The van der Waals surface area contributed by atoms with Gasteiger partial charge in [-0.25, -0.2) is 4.98 Å². The number of imidazole rings is 1. The molecule has 1 amide bonds. The van der Waals surface area contributed by atoms with Crippen LogP contribution in [-0.2, 0) is 6.54 Å². The van der Waals surface area contributed by atoms with Gasteiger partial charge < -0.3 is 9.88 Å². The Hall–Kier alpha value is -2.18. The molecule has 0 aliphatic carbocycles. The Morgan fingerprint density at radius 2 is 2.08 bits per heavy atom. The number of rotatable bonds is 5. The molecule has 0 atom stereocenters. The second-order valence-electron chi connectivity index (χ2n) is 7.11. The van der Waals surface area contributed by atoms with Crippen LogP contribution >= 0.6 is 11.3 Å². The number of carbonyl (C=O) groups is 1. The number of nitrogens with one attached hydrogen (secondary N) is 1. The quantitative estimate of drug-likeness (QED) is 0.720. The van der Waals surface area contributed by atoms with Crippen LogP contribution in [0.15, 0.2) is 35.7 Å². The Morgan fingerprint density at radius 1 is 1.27 bits per heavy atom. The summed E-state index contributed by atoms with van der Waals surface area (Å²) in [5, 5.41) is 4.89. The van der Waals surface area contributed by atoms with E-state index in [1.807, 2.05) is 29.6 Å². The highest BCUT2D eigenvalue weighted by Gasteiger charge is 2.19.